The lowest BCUT2D eigenvalue weighted by Crippen LogP contribution is -2.45. The molecule has 0 aliphatic carbocycles. The summed E-state index contributed by atoms with van der Waals surface area (Å²) in [5.74, 6) is 0. The van der Waals surface area contributed by atoms with Gasteiger partial charge in [-0.3, -0.25) is 10.1 Å². The summed E-state index contributed by atoms with van der Waals surface area (Å²) in [7, 11) is -3.74. The normalized spacial score (nSPS) is 18.8. The van der Waals surface area contributed by atoms with Crippen molar-refractivity contribution in [2.24, 2.45) is 0 Å². The predicted molar refractivity (Wildman–Crippen MR) is 81.3 cm³/mol. The van der Waals surface area contributed by atoms with Gasteiger partial charge in [0.1, 0.15) is 0 Å². The molecule has 2 N–H and O–H groups in total. The van der Waals surface area contributed by atoms with Crippen molar-refractivity contribution in [2.45, 2.75) is 30.7 Å². The van der Waals surface area contributed by atoms with Gasteiger partial charge in [0.25, 0.3) is 5.69 Å². The molecule has 2 rings (SSSR count). The standard InChI is InChI=1S/C12H17N3O4S.ClH/c1-9-11(15(16)17)5-2-6-12(9)20(18,19)14-10-4-3-7-13-8-10;/h2,5-6,10,13-14H,3-4,7-8H2,1H3;1H/t10-;/m1./s1. The molecule has 1 heterocycles. The van der Waals surface area contributed by atoms with E-state index in [1.165, 1.54) is 25.1 Å². The molecule has 0 spiro atoms. The second kappa shape index (κ2) is 7.17. The Morgan fingerprint density at radius 3 is 2.71 bits per heavy atom. The Labute approximate surface area is 129 Å². The maximum absolute atomic E-state index is 12.3. The van der Waals surface area contributed by atoms with Crippen LogP contribution >= 0.6 is 12.4 Å². The van der Waals surface area contributed by atoms with Gasteiger partial charge in [0.2, 0.25) is 10.0 Å². The summed E-state index contributed by atoms with van der Waals surface area (Å²) in [6.07, 6.45) is 1.67. The van der Waals surface area contributed by atoms with E-state index >= 15 is 0 Å². The number of hydrogen-bond donors (Lipinski definition) is 2. The molecule has 1 aliphatic heterocycles. The summed E-state index contributed by atoms with van der Waals surface area (Å²) in [6, 6.07) is 3.91. The first kappa shape index (κ1) is 17.8. The number of nitrogens with zero attached hydrogens (tertiary/aromatic N) is 1. The Morgan fingerprint density at radius 2 is 2.14 bits per heavy atom. The fourth-order valence-corrected chi connectivity index (χ4v) is 3.86. The number of rotatable bonds is 4. The van der Waals surface area contributed by atoms with Gasteiger partial charge in [-0.1, -0.05) is 6.07 Å². The minimum Gasteiger partial charge on any atom is -0.315 e. The van der Waals surface area contributed by atoms with Crippen LogP contribution in [0.5, 0.6) is 0 Å². The number of sulfonamides is 1. The summed E-state index contributed by atoms with van der Waals surface area (Å²) < 4.78 is 27.3. The molecule has 9 heteroatoms. The minimum absolute atomic E-state index is 0. The van der Waals surface area contributed by atoms with Crippen LogP contribution in [-0.2, 0) is 10.0 Å². The van der Waals surface area contributed by atoms with Crippen LogP contribution in [0.15, 0.2) is 23.1 Å². The summed E-state index contributed by atoms with van der Waals surface area (Å²) in [5, 5.41) is 14.0. The largest absolute Gasteiger partial charge is 0.315 e. The maximum atomic E-state index is 12.3. The highest BCUT2D eigenvalue weighted by Gasteiger charge is 2.26. The van der Waals surface area contributed by atoms with Crippen LogP contribution in [0, 0.1) is 17.0 Å². The highest BCUT2D eigenvalue weighted by molar-refractivity contribution is 7.89. The molecule has 0 unspecified atom stereocenters. The Morgan fingerprint density at radius 1 is 1.43 bits per heavy atom. The van der Waals surface area contributed by atoms with Crippen LogP contribution in [0.25, 0.3) is 0 Å². The van der Waals surface area contributed by atoms with Crippen LogP contribution < -0.4 is 10.0 Å². The van der Waals surface area contributed by atoms with Crippen molar-refractivity contribution in [3.05, 3.63) is 33.9 Å². The molecule has 0 aromatic heterocycles. The summed E-state index contributed by atoms with van der Waals surface area (Å²) in [5.41, 5.74) is -0.0246. The third-order valence-electron chi connectivity index (χ3n) is 3.36. The van der Waals surface area contributed by atoms with Crippen molar-refractivity contribution < 1.29 is 13.3 Å². The zero-order valence-electron chi connectivity index (χ0n) is 11.5. The van der Waals surface area contributed by atoms with Gasteiger partial charge in [0, 0.05) is 24.2 Å². The Kier molecular flexibility index (Phi) is 6.09. The van der Waals surface area contributed by atoms with E-state index in [2.05, 4.69) is 10.0 Å². The van der Waals surface area contributed by atoms with Gasteiger partial charge in [-0.05, 0) is 32.4 Å². The van der Waals surface area contributed by atoms with Gasteiger partial charge in [-0.2, -0.15) is 0 Å². The molecule has 1 aromatic carbocycles. The second-order valence-electron chi connectivity index (χ2n) is 4.82. The van der Waals surface area contributed by atoms with Gasteiger partial charge in [0.15, 0.2) is 0 Å². The van der Waals surface area contributed by atoms with Crippen molar-refractivity contribution >= 4 is 28.1 Å². The molecule has 0 amide bonds. The van der Waals surface area contributed by atoms with Crippen LogP contribution in [0.3, 0.4) is 0 Å². The zero-order valence-corrected chi connectivity index (χ0v) is 13.2. The van der Waals surface area contributed by atoms with E-state index in [0.717, 1.165) is 19.4 Å². The zero-order chi connectivity index (χ0) is 14.8. The van der Waals surface area contributed by atoms with Gasteiger partial charge >= 0.3 is 0 Å². The Hall–Kier alpha value is -1.22. The van der Waals surface area contributed by atoms with E-state index in [0.29, 0.717) is 6.54 Å². The number of nitro groups is 1. The third-order valence-corrected chi connectivity index (χ3v) is 5.03. The lowest BCUT2D eigenvalue weighted by molar-refractivity contribution is -0.385. The monoisotopic (exact) mass is 335 g/mol. The molecule has 1 atom stereocenters. The fourth-order valence-electron chi connectivity index (χ4n) is 2.33. The summed E-state index contributed by atoms with van der Waals surface area (Å²) >= 11 is 0. The van der Waals surface area contributed by atoms with Gasteiger partial charge in [-0.25, -0.2) is 13.1 Å². The number of benzene rings is 1. The number of nitro benzene ring substituents is 1. The van der Waals surface area contributed by atoms with E-state index < -0.39 is 14.9 Å². The fraction of sp³-hybridized carbons (Fsp3) is 0.500. The SMILES string of the molecule is Cc1c([N+](=O)[O-])cccc1S(=O)(=O)N[C@@H]1CCCNC1.Cl. The lowest BCUT2D eigenvalue weighted by atomic mass is 10.1. The summed E-state index contributed by atoms with van der Waals surface area (Å²) in [4.78, 5) is 10.3. The van der Waals surface area contributed by atoms with Crippen molar-refractivity contribution in [1.29, 1.82) is 0 Å². The Balaban J connectivity index is 0.00000220. The smallest absolute Gasteiger partial charge is 0.273 e. The van der Waals surface area contributed by atoms with Crippen LogP contribution in [-0.4, -0.2) is 32.5 Å². The van der Waals surface area contributed by atoms with Gasteiger partial charge in [0.05, 0.1) is 9.82 Å². The average Bonchev–Trinajstić information content (AvgIpc) is 2.39. The Bertz CT molecular complexity index is 615. The molecule has 0 bridgehead atoms. The van der Waals surface area contributed by atoms with E-state index in [1.54, 1.807) is 0 Å². The van der Waals surface area contributed by atoms with Crippen LogP contribution in [0.1, 0.15) is 18.4 Å². The summed E-state index contributed by atoms with van der Waals surface area (Å²) in [6.45, 7) is 2.91. The molecule has 118 valence electrons. The van der Waals surface area contributed by atoms with E-state index in [4.69, 9.17) is 0 Å². The topological polar surface area (TPSA) is 101 Å². The third kappa shape index (κ3) is 4.13. The van der Waals surface area contributed by atoms with Crippen molar-refractivity contribution in [3.8, 4) is 0 Å². The molecule has 21 heavy (non-hydrogen) atoms. The number of hydrogen-bond acceptors (Lipinski definition) is 5. The number of halogens is 1. The predicted octanol–water partition coefficient (Wildman–Crippen LogP) is 1.36. The number of piperidine rings is 1. The lowest BCUT2D eigenvalue weighted by Gasteiger charge is -2.23. The molecule has 0 radical (unpaired) electrons. The molecule has 1 aliphatic rings. The molecule has 0 saturated carbocycles. The minimum atomic E-state index is -3.74. The maximum Gasteiger partial charge on any atom is 0.273 e. The first-order valence-corrected chi connectivity index (χ1v) is 7.87. The first-order valence-electron chi connectivity index (χ1n) is 6.39. The van der Waals surface area contributed by atoms with Gasteiger partial charge in [-0.15, -0.1) is 12.4 Å². The van der Waals surface area contributed by atoms with Crippen LogP contribution in [0.4, 0.5) is 5.69 Å². The molecule has 7 nitrogen and oxygen atoms in total. The molecule has 1 aromatic rings. The molecule has 1 saturated heterocycles. The molecular weight excluding hydrogens is 318 g/mol. The molecular formula is C12H18ClN3O4S. The van der Waals surface area contributed by atoms with Crippen molar-refractivity contribution in [2.75, 3.05) is 13.1 Å². The van der Waals surface area contributed by atoms with E-state index in [9.17, 15) is 18.5 Å². The van der Waals surface area contributed by atoms with Gasteiger partial charge < -0.3 is 5.32 Å². The van der Waals surface area contributed by atoms with Crippen LogP contribution in [0.2, 0.25) is 0 Å². The highest BCUT2D eigenvalue weighted by atomic mass is 35.5. The highest BCUT2D eigenvalue weighted by Crippen LogP contribution is 2.25. The number of nitrogens with one attached hydrogen (secondary N) is 2. The van der Waals surface area contributed by atoms with E-state index in [-0.39, 0.29) is 34.6 Å². The second-order valence-corrected chi connectivity index (χ2v) is 6.50. The average molecular weight is 336 g/mol. The molecule has 1 fully saturated rings. The quantitative estimate of drug-likeness (QED) is 0.639. The van der Waals surface area contributed by atoms with Crippen molar-refractivity contribution in [1.82, 2.24) is 10.0 Å². The van der Waals surface area contributed by atoms with E-state index in [1.807, 2.05) is 0 Å². The first-order chi connectivity index (χ1) is 9.42. The van der Waals surface area contributed by atoms with Crippen molar-refractivity contribution in [3.63, 3.8) is 0 Å².